The van der Waals surface area contributed by atoms with Crippen LogP contribution in [-0.2, 0) is 27.4 Å². The van der Waals surface area contributed by atoms with Crippen LogP contribution in [0, 0.1) is 53.9 Å². The summed E-state index contributed by atoms with van der Waals surface area (Å²) in [4.78, 5) is 97.4. The molecule has 0 saturated carbocycles. The van der Waals surface area contributed by atoms with E-state index in [0.29, 0.717) is 34.7 Å². The molecular weight excluding hydrogens is 1580 g/mol. The molecule has 25 heteroatoms. The molecule has 25 nitrogen and oxygen atoms in total. The highest BCUT2D eigenvalue weighted by molar-refractivity contribution is 6.00. The van der Waals surface area contributed by atoms with Crippen molar-refractivity contribution in [1.29, 1.82) is 0 Å². The van der Waals surface area contributed by atoms with Gasteiger partial charge in [0.05, 0.1) is 50.3 Å². The van der Waals surface area contributed by atoms with E-state index in [2.05, 4.69) is 345 Å². The van der Waals surface area contributed by atoms with E-state index in [-0.39, 0.29) is 156 Å². The maximum Gasteiger partial charge on any atom is 0.292 e. The van der Waals surface area contributed by atoms with Crippen LogP contribution in [0.25, 0.3) is 10.9 Å². The van der Waals surface area contributed by atoms with E-state index in [1.807, 2.05) is 94.0 Å². The van der Waals surface area contributed by atoms with Crippen molar-refractivity contribution in [2.75, 3.05) is 0 Å². The summed E-state index contributed by atoms with van der Waals surface area (Å²) >= 11 is 0. The van der Waals surface area contributed by atoms with Crippen LogP contribution in [-0.4, -0.2) is 180 Å². The van der Waals surface area contributed by atoms with Gasteiger partial charge in [-0.3, -0.25) is 47.5 Å². The van der Waals surface area contributed by atoms with Crippen LogP contribution < -0.4 is 5.56 Å². The lowest BCUT2D eigenvalue weighted by Gasteiger charge is -2.55. The zero-order valence-corrected chi connectivity index (χ0v) is 88.9. The fraction of sp³-hybridized carbons (Fsp3) is 0.752. The summed E-state index contributed by atoms with van der Waals surface area (Å²) in [5, 5.41) is 24.6. The first-order chi connectivity index (χ1) is 56.8. The van der Waals surface area contributed by atoms with Crippen LogP contribution in [0.2, 0.25) is 0 Å². The number of amides is 5. The quantitative estimate of drug-likeness (QED) is 0.111. The Morgan fingerprint density at radius 1 is 0.294 bits per heavy atom. The molecule has 7 aromatic heterocycles. The molecule has 0 aliphatic carbocycles. The normalized spacial score (nSPS) is 19.5. The van der Waals surface area contributed by atoms with Gasteiger partial charge in [-0.05, 0) is 301 Å². The summed E-state index contributed by atoms with van der Waals surface area (Å²) in [6.45, 7) is 112. The highest BCUT2D eigenvalue weighted by atomic mass is 16.2. The minimum atomic E-state index is -0.342. The van der Waals surface area contributed by atoms with Crippen molar-refractivity contribution in [3.63, 3.8) is 0 Å². The number of fused-ring (bicyclic) bond motifs is 6. The highest BCUT2D eigenvalue weighted by Gasteiger charge is 2.61. The molecule has 0 atom stereocenters. The number of carbonyl (C=O) groups is 5. The molecule has 12 heterocycles. The third kappa shape index (κ3) is 16.3. The Bertz CT molecular complexity index is 5090. The van der Waals surface area contributed by atoms with Gasteiger partial charge >= 0.3 is 0 Å². The summed E-state index contributed by atoms with van der Waals surface area (Å²) in [6.07, 6.45) is 0. The molecule has 5 aliphatic heterocycles. The third-order valence-electron chi connectivity index (χ3n) is 31.3. The van der Waals surface area contributed by atoms with Gasteiger partial charge in [-0.1, -0.05) is 83.1 Å². The molecule has 0 radical (unpaired) electrons. The minimum Gasteiger partial charge on any atom is -0.330 e. The van der Waals surface area contributed by atoms with Crippen LogP contribution in [0.3, 0.4) is 0 Å². The van der Waals surface area contributed by atoms with E-state index in [0.717, 1.165) is 84.7 Å². The standard InChI is InChI=1S/C18H32N4O.4C17H29N3O.C15H23N3O/c1-11(2)13-19-14-15(23)21(12(3)4)17(7,8)16(5,6)18(9,10)22(14)20-13;1-10(2)19-15(21)14-13(16(6,7)17(19,8)9)12(5)20(18-14)11(3)4;1-10(2)19-15(21)13-12(5)20(11(3)4)18-14(13)16(6,7)17(19,8)9;1-10(2)13-12(5)20-14(18-13)15(21)19(11(3)4)16(6,7)17(20,8)9;1-10(2)13-12(5)14-15(21)19(11(3)4)16(6,7)17(8,9)20(14)18-13;1-8(2)17-11(6)10(5)13-12(7)18(9(3)4)16-14(13)15(17)19/h11-12H,1-10H3;4*10-11H,1-9H3;8-9H,1-7H3. The second-order valence-corrected chi connectivity index (χ2v) is 45.9. The van der Waals surface area contributed by atoms with Gasteiger partial charge in [-0.15, -0.1) is 0 Å². The first-order valence-electron chi connectivity index (χ1n) is 47.0. The molecule has 5 amide bonds. The molecular formula is C101H171N19O6. The Morgan fingerprint density at radius 3 is 1.13 bits per heavy atom. The zero-order chi connectivity index (χ0) is 97.7. The van der Waals surface area contributed by atoms with Gasteiger partial charge in [-0.25, -0.2) is 14.6 Å². The topological polar surface area (TPSA) is 243 Å². The van der Waals surface area contributed by atoms with Gasteiger partial charge in [0.1, 0.15) is 5.69 Å². The van der Waals surface area contributed by atoms with Crippen molar-refractivity contribution in [3.05, 3.63) is 107 Å². The fourth-order valence-corrected chi connectivity index (χ4v) is 21.1. The van der Waals surface area contributed by atoms with Crippen molar-refractivity contribution >= 4 is 40.4 Å². The second-order valence-electron chi connectivity index (χ2n) is 45.9. The maximum absolute atomic E-state index is 13.3. The lowest BCUT2D eigenvalue weighted by atomic mass is 9.62. The lowest BCUT2D eigenvalue weighted by Crippen LogP contribution is -2.67. The number of aromatic nitrogens is 14. The predicted molar refractivity (Wildman–Crippen MR) is 515 cm³/mol. The molecule has 706 valence electrons. The van der Waals surface area contributed by atoms with Gasteiger partial charge in [0.15, 0.2) is 22.9 Å². The molecule has 0 aromatic carbocycles. The van der Waals surface area contributed by atoms with E-state index >= 15 is 0 Å². The Balaban J connectivity index is 0.000000208. The Morgan fingerprint density at radius 2 is 0.698 bits per heavy atom. The Labute approximate surface area is 759 Å². The van der Waals surface area contributed by atoms with Crippen molar-refractivity contribution in [3.8, 4) is 0 Å². The van der Waals surface area contributed by atoms with E-state index < -0.39 is 0 Å². The van der Waals surface area contributed by atoms with Crippen molar-refractivity contribution in [2.45, 2.75) is 494 Å². The van der Waals surface area contributed by atoms with Crippen LogP contribution in [0.4, 0.5) is 0 Å². The van der Waals surface area contributed by atoms with Gasteiger partial charge < -0.3 is 33.6 Å². The van der Waals surface area contributed by atoms with Gasteiger partial charge in [0, 0.05) is 138 Å². The number of imidazole rings is 1. The van der Waals surface area contributed by atoms with Crippen molar-refractivity contribution in [2.24, 2.45) is 5.41 Å². The number of hydrogen-bond acceptors (Lipinski definition) is 13. The van der Waals surface area contributed by atoms with Crippen LogP contribution >= 0.6 is 0 Å². The first-order valence-corrected chi connectivity index (χ1v) is 47.0. The number of hydrogen-bond donors (Lipinski definition) is 0. The SMILES string of the molecule is CC(C)c1nc2n(n1)C(C)(C)C(C)(C)C(C)(C)N(C(C)C)C2=O.Cc1c(C(C)C)nc2n1C(C)(C)C(C)(C)N(C(C)C)C2=O.Cc1c(C(C)C)nn2c1C(=O)N(C(C)C)C(C)(C)C2(C)C.Cc1c(C)n(C(C)C)c(=O)c2nn(C(C)C)c(C)c12.Cc1c2c(nn1C(C)C)C(=O)N(C(C)C)C(C)(C)C2(C)C.Cc1c2c(nn1C(C)C)C(C)(C)C(C)(C)N(C(C)C)C2=O. The smallest absolute Gasteiger partial charge is 0.292 e. The van der Waals surface area contributed by atoms with Gasteiger partial charge in [0.2, 0.25) is 5.82 Å². The third-order valence-corrected chi connectivity index (χ3v) is 31.3. The molecule has 0 fully saturated rings. The van der Waals surface area contributed by atoms with Crippen LogP contribution in [0.15, 0.2) is 4.79 Å². The van der Waals surface area contributed by atoms with Crippen molar-refractivity contribution < 1.29 is 24.0 Å². The van der Waals surface area contributed by atoms with Crippen molar-refractivity contribution in [1.82, 2.24) is 92.5 Å². The van der Waals surface area contributed by atoms with E-state index in [4.69, 9.17) is 20.3 Å². The van der Waals surface area contributed by atoms with Gasteiger partial charge in [-0.2, -0.15) is 25.5 Å². The fourth-order valence-electron chi connectivity index (χ4n) is 21.1. The summed E-state index contributed by atoms with van der Waals surface area (Å²) < 4.78 is 13.8. The second kappa shape index (κ2) is 34.9. The van der Waals surface area contributed by atoms with Crippen LogP contribution in [0.5, 0.6) is 0 Å². The molecule has 5 aliphatic rings. The average Bonchev–Trinajstić information content (AvgIpc) is 1.50. The van der Waals surface area contributed by atoms with E-state index in [9.17, 15) is 28.8 Å². The lowest BCUT2D eigenvalue weighted by molar-refractivity contribution is -0.0469. The predicted octanol–water partition coefficient (Wildman–Crippen LogP) is 21.9. The molecule has 7 aromatic rings. The van der Waals surface area contributed by atoms with Crippen LogP contribution in [0.1, 0.15) is 481 Å². The maximum atomic E-state index is 13.3. The van der Waals surface area contributed by atoms with E-state index in [1.165, 1.54) is 0 Å². The summed E-state index contributed by atoms with van der Waals surface area (Å²) in [6, 6.07) is 1.67. The molecule has 0 unspecified atom stereocenters. The Kier molecular flexibility index (Phi) is 29.0. The molecule has 126 heavy (non-hydrogen) atoms. The minimum absolute atomic E-state index is 0.0237. The number of rotatable bonds is 12. The highest BCUT2D eigenvalue weighted by Crippen LogP contribution is 2.54. The van der Waals surface area contributed by atoms with E-state index in [1.54, 1.807) is 0 Å². The molecule has 0 bridgehead atoms. The number of aryl methyl sites for hydroxylation is 2. The Hall–Kier alpha value is -8.25. The van der Waals surface area contributed by atoms with Gasteiger partial charge in [0.25, 0.3) is 35.1 Å². The summed E-state index contributed by atoms with van der Waals surface area (Å²) in [5.41, 5.74) is 11.8. The molecule has 0 spiro atoms. The molecule has 0 saturated heterocycles. The number of pyridine rings is 1. The summed E-state index contributed by atoms with van der Waals surface area (Å²) in [5.74, 6) is 2.94. The number of carbonyl (C=O) groups excluding carboxylic acids is 5. The first kappa shape index (κ1) is 105. The molecule has 0 N–H and O–H groups in total. The average molecular weight is 1750 g/mol. The monoisotopic (exact) mass is 1750 g/mol. The largest absolute Gasteiger partial charge is 0.330 e. The number of nitrogens with zero attached hydrogens (tertiary/aromatic N) is 19. The molecule has 12 rings (SSSR count). The summed E-state index contributed by atoms with van der Waals surface area (Å²) in [7, 11) is 0. The zero-order valence-electron chi connectivity index (χ0n) is 88.9.